The number of anilines is 1. The van der Waals surface area contributed by atoms with E-state index in [4.69, 9.17) is 5.73 Å². The highest BCUT2D eigenvalue weighted by atomic mass is 16.2. The van der Waals surface area contributed by atoms with Crippen molar-refractivity contribution in [2.75, 3.05) is 18.5 Å². The van der Waals surface area contributed by atoms with Gasteiger partial charge in [-0.2, -0.15) is 0 Å². The second kappa shape index (κ2) is 4.94. The molecule has 1 aromatic rings. The van der Waals surface area contributed by atoms with Gasteiger partial charge in [-0.15, -0.1) is 0 Å². The number of hydrogen-bond acceptors (Lipinski definition) is 2. The number of rotatable bonds is 3. The van der Waals surface area contributed by atoms with Gasteiger partial charge in [0.05, 0.1) is 0 Å². The van der Waals surface area contributed by atoms with Crippen LogP contribution < -0.4 is 10.6 Å². The van der Waals surface area contributed by atoms with Crippen LogP contribution in [0.4, 0.5) is 5.69 Å². The van der Waals surface area contributed by atoms with Gasteiger partial charge in [-0.1, -0.05) is 12.1 Å². The van der Waals surface area contributed by atoms with Crippen molar-refractivity contribution in [3.63, 3.8) is 0 Å². The van der Waals surface area contributed by atoms with Crippen LogP contribution in [0, 0.1) is 13.8 Å². The lowest BCUT2D eigenvalue weighted by atomic mass is 10.1. The molecule has 0 fully saturated rings. The topological polar surface area (TPSA) is 46.3 Å². The molecule has 3 heteroatoms. The van der Waals surface area contributed by atoms with Crippen molar-refractivity contribution in [2.24, 2.45) is 5.73 Å². The minimum Gasteiger partial charge on any atom is -0.330 e. The summed E-state index contributed by atoms with van der Waals surface area (Å²) in [6.07, 6.45) is 0.393. The van der Waals surface area contributed by atoms with Crippen molar-refractivity contribution >= 4 is 11.6 Å². The van der Waals surface area contributed by atoms with Gasteiger partial charge in [0.2, 0.25) is 5.91 Å². The molecule has 1 amide bonds. The average molecular weight is 206 g/mol. The van der Waals surface area contributed by atoms with E-state index in [1.807, 2.05) is 32.0 Å². The molecule has 0 radical (unpaired) electrons. The fourth-order valence-corrected chi connectivity index (χ4v) is 1.51. The van der Waals surface area contributed by atoms with Crippen LogP contribution in [0.15, 0.2) is 18.2 Å². The second-order valence-corrected chi connectivity index (χ2v) is 3.78. The van der Waals surface area contributed by atoms with Gasteiger partial charge in [-0.3, -0.25) is 4.79 Å². The molecule has 0 saturated carbocycles. The standard InChI is InChI=1S/C12H18N2O/c1-9-4-5-10(2)11(8-9)14(3)12(15)6-7-13/h4-5,8H,6-7,13H2,1-3H3. The van der Waals surface area contributed by atoms with Gasteiger partial charge in [-0.05, 0) is 31.0 Å². The second-order valence-electron chi connectivity index (χ2n) is 3.78. The Morgan fingerprint density at radius 1 is 1.40 bits per heavy atom. The van der Waals surface area contributed by atoms with Crippen LogP contribution in [0.5, 0.6) is 0 Å². The third kappa shape index (κ3) is 2.80. The highest BCUT2D eigenvalue weighted by Gasteiger charge is 2.11. The maximum absolute atomic E-state index is 11.7. The van der Waals surface area contributed by atoms with Crippen LogP contribution in [0.1, 0.15) is 17.5 Å². The first-order valence-corrected chi connectivity index (χ1v) is 5.10. The zero-order valence-corrected chi connectivity index (χ0v) is 9.58. The summed E-state index contributed by atoms with van der Waals surface area (Å²) in [4.78, 5) is 13.3. The number of nitrogens with two attached hydrogens (primary N) is 1. The van der Waals surface area contributed by atoms with Gasteiger partial charge < -0.3 is 10.6 Å². The van der Waals surface area contributed by atoms with Crippen molar-refractivity contribution < 1.29 is 4.79 Å². The van der Waals surface area contributed by atoms with Gasteiger partial charge in [0.15, 0.2) is 0 Å². The lowest BCUT2D eigenvalue weighted by molar-refractivity contribution is -0.118. The number of carbonyl (C=O) groups excluding carboxylic acids is 1. The Morgan fingerprint density at radius 2 is 2.07 bits per heavy atom. The monoisotopic (exact) mass is 206 g/mol. The summed E-state index contributed by atoms with van der Waals surface area (Å²) >= 11 is 0. The third-order valence-corrected chi connectivity index (χ3v) is 2.46. The Kier molecular flexibility index (Phi) is 3.86. The molecule has 15 heavy (non-hydrogen) atoms. The molecule has 0 aliphatic heterocycles. The fraction of sp³-hybridized carbons (Fsp3) is 0.417. The zero-order valence-electron chi connectivity index (χ0n) is 9.58. The summed E-state index contributed by atoms with van der Waals surface area (Å²) in [7, 11) is 1.79. The molecule has 0 aliphatic carbocycles. The molecule has 0 aliphatic rings. The van der Waals surface area contributed by atoms with Crippen LogP contribution in [0.3, 0.4) is 0 Å². The highest BCUT2D eigenvalue weighted by Crippen LogP contribution is 2.20. The zero-order chi connectivity index (χ0) is 11.4. The lowest BCUT2D eigenvalue weighted by Gasteiger charge is -2.19. The van der Waals surface area contributed by atoms with Crippen LogP contribution in [0.2, 0.25) is 0 Å². The molecule has 0 atom stereocenters. The first-order valence-electron chi connectivity index (χ1n) is 5.10. The molecular formula is C12H18N2O. The van der Waals surface area contributed by atoms with Crippen molar-refractivity contribution in [1.29, 1.82) is 0 Å². The minimum absolute atomic E-state index is 0.0613. The maximum Gasteiger partial charge on any atom is 0.227 e. The van der Waals surface area contributed by atoms with Gasteiger partial charge in [0, 0.05) is 25.7 Å². The van der Waals surface area contributed by atoms with E-state index in [1.54, 1.807) is 11.9 Å². The molecule has 2 N–H and O–H groups in total. The molecule has 0 aromatic heterocycles. The van der Waals surface area contributed by atoms with E-state index in [9.17, 15) is 4.79 Å². The molecule has 0 saturated heterocycles. The molecule has 0 bridgehead atoms. The van der Waals surface area contributed by atoms with Crippen molar-refractivity contribution in [2.45, 2.75) is 20.3 Å². The van der Waals surface area contributed by atoms with E-state index < -0.39 is 0 Å². The SMILES string of the molecule is Cc1ccc(C)c(N(C)C(=O)CCN)c1. The molecule has 1 aromatic carbocycles. The van der Waals surface area contributed by atoms with Crippen LogP contribution in [-0.4, -0.2) is 19.5 Å². The fourth-order valence-electron chi connectivity index (χ4n) is 1.51. The molecule has 0 heterocycles. The highest BCUT2D eigenvalue weighted by molar-refractivity contribution is 5.93. The van der Waals surface area contributed by atoms with E-state index in [0.717, 1.165) is 16.8 Å². The van der Waals surface area contributed by atoms with Gasteiger partial charge >= 0.3 is 0 Å². The van der Waals surface area contributed by atoms with Gasteiger partial charge in [0.25, 0.3) is 0 Å². The normalized spacial score (nSPS) is 10.1. The smallest absolute Gasteiger partial charge is 0.227 e. The van der Waals surface area contributed by atoms with E-state index in [2.05, 4.69) is 0 Å². The molecule has 1 rings (SSSR count). The van der Waals surface area contributed by atoms with Crippen molar-refractivity contribution in [3.05, 3.63) is 29.3 Å². The summed E-state index contributed by atoms with van der Waals surface area (Å²) in [6.45, 7) is 4.42. The number of carbonyl (C=O) groups is 1. The quantitative estimate of drug-likeness (QED) is 0.816. The summed E-state index contributed by atoms with van der Waals surface area (Å²) < 4.78 is 0. The van der Waals surface area contributed by atoms with Crippen LogP contribution >= 0.6 is 0 Å². The summed E-state index contributed by atoms with van der Waals surface area (Å²) in [5.74, 6) is 0.0613. The number of aryl methyl sites for hydroxylation is 2. The Labute approximate surface area is 90.9 Å². The Balaban J connectivity index is 2.94. The summed E-state index contributed by atoms with van der Waals surface area (Å²) in [5, 5.41) is 0. The van der Waals surface area contributed by atoms with Crippen molar-refractivity contribution in [3.8, 4) is 0 Å². The Morgan fingerprint density at radius 3 is 2.67 bits per heavy atom. The largest absolute Gasteiger partial charge is 0.330 e. The van der Waals surface area contributed by atoms with Crippen molar-refractivity contribution in [1.82, 2.24) is 0 Å². The molecule has 0 spiro atoms. The maximum atomic E-state index is 11.7. The third-order valence-electron chi connectivity index (χ3n) is 2.46. The molecule has 0 unspecified atom stereocenters. The lowest BCUT2D eigenvalue weighted by Crippen LogP contribution is -2.28. The number of hydrogen-bond donors (Lipinski definition) is 1. The summed E-state index contributed by atoms with van der Waals surface area (Å²) in [6, 6.07) is 6.08. The van der Waals surface area contributed by atoms with E-state index in [0.29, 0.717) is 13.0 Å². The van der Waals surface area contributed by atoms with Crippen LogP contribution in [-0.2, 0) is 4.79 Å². The van der Waals surface area contributed by atoms with E-state index in [-0.39, 0.29) is 5.91 Å². The number of nitrogens with zero attached hydrogens (tertiary/aromatic N) is 1. The van der Waals surface area contributed by atoms with E-state index in [1.165, 1.54) is 0 Å². The first kappa shape index (κ1) is 11.7. The summed E-state index contributed by atoms with van der Waals surface area (Å²) in [5.41, 5.74) is 8.59. The molecular weight excluding hydrogens is 188 g/mol. The average Bonchev–Trinajstić information content (AvgIpc) is 2.21. The Hall–Kier alpha value is -1.35. The van der Waals surface area contributed by atoms with Crippen LogP contribution in [0.25, 0.3) is 0 Å². The predicted molar refractivity (Wildman–Crippen MR) is 63.0 cm³/mol. The molecule has 3 nitrogen and oxygen atoms in total. The van der Waals surface area contributed by atoms with Gasteiger partial charge in [0.1, 0.15) is 0 Å². The van der Waals surface area contributed by atoms with E-state index >= 15 is 0 Å². The predicted octanol–water partition coefficient (Wildman–Crippen LogP) is 1.62. The first-order chi connectivity index (χ1) is 7.06. The number of amides is 1. The molecule has 82 valence electrons. The Bertz CT molecular complexity index is 361. The minimum atomic E-state index is 0.0613. The number of benzene rings is 1. The van der Waals surface area contributed by atoms with Gasteiger partial charge in [-0.25, -0.2) is 0 Å².